The van der Waals surface area contributed by atoms with Crippen molar-refractivity contribution in [3.05, 3.63) is 46.3 Å². The Labute approximate surface area is 99.0 Å². The molecule has 2 nitrogen and oxygen atoms in total. The number of nitriles is 1. The van der Waals surface area contributed by atoms with Crippen LogP contribution in [0.5, 0.6) is 0 Å². The van der Waals surface area contributed by atoms with Gasteiger partial charge in [0.25, 0.3) is 0 Å². The molecule has 2 N–H and O–H groups in total. The van der Waals surface area contributed by atoms with Gasteiger partial charge >= 0.3 is 0 Å². The number of thiophene rings is 1. The molecule has 0 aliphatic heterocycles. The third-order valence-electron chi connectivity index (χ3n) is 2.47. The molecule has 0 unspecified atom stereocenters. The lowest BCUT2D eigenvalue weighted by Gasteiger charge is -2.06. The largest absolute Gasteiger partial charge is 0.326 e. The molecular weight excluding hydrogens is 216 g/mol. The molecule has 16 heavy (non-hydrogen) atoms. The summed E-state index contributed by atoms with van der Waals surface area (Å²) in [6.07, 6.45) is 0. The second-order valence-electron chi connectivity index (χ2n) is 3.64. The summed E-state index contributed by atoms with van der Waals surface area (Å²) in [7, 11) is 0. The first-order valence-electron chi connectivity index (χ1n) is 5.04. The van der Waals surface area contributed by atoms with Crippen LogP contribution in [-0.4, -0.2) is 0 Å². The molecule has 3 heteroatoms. The molecule has 0 fully saturated rings. The number of hydrogen-bond acceptors (Lipinski definition) is 3. The topological polar surface area (TPSA) is 49.8 Å². The summed E-state index contributed by atoms with van der Waals surface area (Å²) in [5.74, 6) is 0. The van der Waals surface area contributed by atoms with Gasteiger partial charge in [0.15, 0.2) is 0 Å². The van der Waals surface area contributed by atoms with Crippen LogP contribution in [0.25, 0.3) is 10.4 Å². The summed E-state index contributed by atoms with van der Waals surface area (Å²) >= 11 is 1.51. The third kappa shape index (κ3) is 1.99. The second kappa shape index (κ2) is 4.48. The lowest BCUT2D eigenvalue weighted by atomic mass is 10.0. The van der Waals surface area contributed by atoms with Crippen LogP contribution in [0.2, 0.25) is 0 Å². The van der Waals surface area contributed by atoms with E-state index in [2.05, 4.69) is 31.2 Å². The SMILES string of the molecule is Cc1ccc(CN)c(-c2ccc(C#N)s2)c1. The van der Waals surface area contributed by atoms with Gasteiger partial charge in [-0.05, 0) is 30.2 Å². The van der Waals surface area contributed by atoms with E-state index in [1.807, 2.05) is 12.1 Å². The lowest BCUT2D eigenvalue weighted by Crippen LogP contribution is -1.98. The van der Waals surface area contributed by atoms with Gasteiger partial charge in [0, 0.05) is 11.4 Å². The average Bonchev–Trinajstić information content (AvgIpc) is 2.77. The Kier molecular flexibility index (Phi) is 3.04. The molecule has 0 bridgehead atoms. The van der Waals surface area contributed by atoms with Gasteiger partial charge in [0.1, 0.15) is 10.9 Å². The molecule has 0 saturated carbocycles. The van der Waals surface area contributed by atoms with Crippen LogP contribution < -0.4 is 5.73 Å². The van der Waals surface area contributed by atoms with Crippen LogP contribution in [0.1, 0.15) is 16.0 Å². The van der Waals surface area contributed by atoms with E-state index in [4.69, 9.17) is 11.0 Å². The van der Waals surface area contributed by atoms with E-state index in [0.717, 1.165) is 20.9 Å². The second-order valence-corrected chi connectivity index (χ2v) is 4.72. The Hall–Kier alpha value is -1.63. The molecule has 1 aromatic carbocycles. The van der Waals surface area contributed by atoms with Gasteiger partial charge in [-0.15, -0.1) is 11.3 Å². The number of nitrogens with zero attached hydrogens (tertiary/aromatic N) is 1. The first-order valence-corrected chi connectivity index (χ1v) is 5.86. The van der Waals surface area contributed by atoms with Crippen LogP contribution in [0.3, 0.4) is 0 Å². The van der Waals surface area contributed by atoms with Gasteiger partial charge in [-0.1, -0.05) is 23.8 Å². The minimum Gasteiger partial charge on any atom is -0.326 e. The van der Waals surface area contributed by atoms with E-state index in [-0.39, 0.29) is 0 Å². The summed E-state index contributed by atoms with van der Waals surface area (Å²) < 4.78 is 0. The number of aryl methyl sites for hydroxylation is 1. The Morgan fingerprint density at radius 2 is 2.12 bits per heavy atom. The molecule has 0 amide bonds. The zero-order valence-electron chi connectivity index (χ0n) is 9.03. The number of benzene rings is 1. The molecule has 0 spiro atoms. The number of rotatable bonds is 2. The molecular formula is C13H12N2S. The minimum absolute atomic E-state index is 0.523. The van der Waals surface area contributed by atoms with Gasteiger partial charge in [-0.25, -0.2) is 0 Å². The van der Waals surface area contributed by atoms with Crippen molar-refractivity contribution in [1.29, 1.82) is 5.26 Å². The quantitative estimate of drug-likeness (QED) is 0.858. The standard InChI is InChI=1S/C13H12N2S/c1-9-2-3-10(7-14)12(6-9)13-5-4-11(8-15)16-13/h2-6H,7,14H2,1H3. The predicted octanol–water partition coefficient (Wildman–Crippen LogP) is 3.05. The third-order valence-corrected chi connectivity index (χ3v) is 3.49. The summed E-state index contributed by atoms with van der Waals surface area (Å²) in [6.45, 7) is 2.58. The molecule has 0 saturated heterocycles. The van der Waals surface area contributed by atoms with Gasteiger partial charge in [-0.2, -0.15) is 5.26 Å². The van der Waals surface area contributed by atoms with Crippen molar-refractivity contribution in [2.75, 3.05) is 0 Å². The zero-order chi connectivity index (χ0) is 11.5. The fraction of sp³-hybridized carbons (Fsp3) is 0.154. The lowest BCUT2D eigenvalue weighted by molar-refractivity contribution is 1.07. The molecule has 1 aromatic heterocycles. The number of hydrogen-bond donors (Lipinski definition) is 1. The highest BCUT2D eigenvalue weighted by Gasteiger charge is 2.07. The van der Waals surface area contributed by atoms with Crippen molar-refractivity contribution >= 4 is 11.3 Å². The predicted molar refractivity (Wildman–Crippen MR) is 67.1 cm³/mol. The van der Waals surface area contributed by atoms with Crippen molar-refractivity contribution in [3.63, 3.8) is 0 Å². The fourth-order valence-corrected chi connectivity index (χ4v) is 2.50. The van der Waals surface area contributed by atoms with Gasteiger partial charge in [0.2, 0.25) is 0 Å². The van der Waals surface area contributed by atoms with Gasteiger partial charge < -0.3 is 5.73 Å². The maximum Gasteiger partial charge on any atom is 0.110 e. The highest BCUT2D eigenvalue weighted by Crippen LogP contribution is 2.31. The Morgan fingerprint density at radius 3 is 2.75 bits per heavy atom. The Morgan fingerprint density at radius 1 is 1.31 bits per heavy atom. The maximum atomic E-state index is 8.81. The van der Waals surface area contributed by atoms with Crippen molar-refractivity contribution < 1.29 is 0 Å². The van der Waals surface area contributed by atoms with E-state index in [9.17, 15) is 0 Å². The average molecular weight is 228 g/mol. The molecule has 0 atom stereocenters. The Balaban J connectivity index is 2.54. The van der Waals surface area contributed by atoms with E-state index in [1.54, 1.807) is 0 Å². The summed E-state index contributed by atoms with van der Waals surface area (Å²) in [5, 5.41) is 8.81. The molecule has 2 rings (SSSR count). The summed E-state index contributed by atoms with van der Waals surface area (Å²) in [6, 6.07) is 12.2. The van der Waals surface area contributed by atoms with E-state index in [1.165, 1.54) is 16.9 Å². The van der Waals surface area contributed by atoms with Crippen LogP contribution in [0.4, 0.5) is 0 Å². The van der Waals surface area contributed by atoms with Crippen LogP contribution >= 0.6 is 11.3 Å². The van der Waals surface area contributed by atoms with Gasteiger partial charge in [-0.3, -0.25) is 0 Å². The molecule has 80 valence electrons. The summed E-state index contributed by atoms with van der Waals surface area (Å²) in [4.78, 5) is 1.85. The first kappa shape index (κ1) is 10.9. The highest BCUT2D eigenvalue weighted by molar-refractivity contribution is 7.16. The van der Waals surface area contributed by atoms with Crippen molar-refractivity contribution in [2.45, 2.75) is 13.5 Å². The molecule has 0 aliphatic rings. The van der Waals surface area contributed by atoms with E-state index < -0.39 is 0 Å². The molecule has 2 aromatic rings. The molecule has 0 radical (unpaired) electrons. The summed E-state index contributed by atoms with van der Waals surface area (Å²) in [5.41, 5.74) is 9.19. The highest BCUT2D eigenvalue weighted by atomic mass is 32.1. The van der Waals surface area contributed by atoms with Crippen molar-refractivity contribution in [2.24, 2.45) is 5.73 Å². The number of nitrogens with two attached hydrogens (primary N) is 1. The normalized spacial score (nSPS) is 10.1. The van der Waals surface area contributed by atoms with Gasteiger partial charge in [0.05, 0.1) is 0 Å². The molecule has 1 heterocycles. The van der Waals surface area contributed by atoms with E-state index in [0.29, 0.717) is 6.54 Å². The molecule has 0 aliphatic carbocycles. The van der Waals surface area contributed by atoms with E-state index >= 15 is 0 Å². The van der Waals surface area contributed by atoms with Crippen LogP contribution in [0.15, 0.2) is 30.3 Å². The van der Waals surface area contributed by atoms with Crippen LogP contribution in [-0.2, 0) is 6.54 Å². The zero-order valence-corrected chi connectivity index (χ0v) is 9.84. The maximum absolute atomic E-state index is 8.81. The van der Waals surface area contributed by atoms with Crippen LogP contribution in [0, 0.1) is 18.3 Å². The van der Waals surface area contributed by atoms with Crippen molar-refractivity contribution in [1.82, 2.24) is 0 Å². The Bertz CT molecular complexity index is 549. The smallest absolute Gasteiger partial charge is 0.110 e. The fourth-order valence-electron chi connectivity index (χ4n) is 1.64. The van der Waals surface area contributed by atoms with Crippen molar-refractivity contribution in [3.8, 4) is 16.5 Å². The monoisotopic (exact) mass is 228 g/mol. The minimum atomic E-state index is 0.523. The first-order chi connectivity index (χ1) is 7.74.